The van der Waals surface area contributed by atoms with Gasteiger partial charge in [0.15, 0.2) is 0 Å². The highest BCUT2D eigenvalue weighted by Crippen LogP contribution is 2.20. The summed E-state index contributed by atoms with van der Waals surface area (Å²) in [6.45, 7) is 0. The third kappa shape index (κ3) is 2.85. The number of imidazole rings is 1. The van der Waals surface area contributed by atoms with Crippen molar-refractivity contribution in [1.82, 2.24) is 25.1 Å². The number of rotatable bonds is 4. The predicted octanol–water partition coefficient (Wildman–Crippen LogP) is 1.73. The van der Waals surface area contributed by atoms with Crippen molar-refractivity contribution in [3.63, 3.8) is 0 Å². The van der Waals surface area contributed by atoms with Gasteiger partial charge in [-0.2, -0.15) is 10.2 Å². The summed E-state index contributed by atoms with van der Waals surface area (Å²) < 4.78 is 1.89. The molecule has 6 heteroatoms. The number of benzene rings is 1. The number of amides is 1. The second kappa shape index (κ2) is 6.17. The maximum atomic E-state index is 12.4. The van der Waals surface area contributed by atoms with Gasteiger partial charge in [-0.05, 0) is 11.6 Å². The van der Waals surface area contributed by atoms with Gasteiger partial charge in [0.1, 0.15) is 11.9 Å². The zero-order valence-corrected chi connectivity index (χ0v) is 12.0. The zero-order valence-electron chi connectivity index (χ0n) is 12.0. The van der Waals surface area contributed by atoms with Crippen molar-refractivity contribution in [2.24, 2.45) is 7.05 Å². The minimum Gasteiger partial charge on any atom is -0.338 e. The molecule has 3 aromatic rings. The highest BCUT2D eigenvalue weighted by molar-refractivity contribution is 5.94. The Labute approximate surface area is 127 Å². The standard InChI is InChI=1S/C16H15N5O/c1-21-10-9-17-15(21)14(12-5-3-2-4-6-12)20-16(22)13-7-8-18-19-11-13/h2-11,14H,1H3,(H,20,22)/t14-/m1/s1. The summed E-state index contributed by atoms with van der Waals surface area (Å²) in [5, 5.41) is 10.4. The molecule has 0 aliphatic carbocycles. The monoisotopic (exact) mass is 293 g/mol. The molecule has 0 saturated carbocycles. The molecule has 22 heavy (non-hydrogen) atoms. The molecule has 1 amide bonds. The number of carbonyl (C=O) groups excluding carboxylic acids is 1. The molecule has 0 unspecified atom stereocenters. The lowest BCUT2D eigenvalue weighted by atomic mass is 10.1. The third-order valence-electron chi connectivity index (χ3n) is 3.37. The number of nitrogens with zero attached hydrogens (tertiary/aromatic N) is 4. The van der Waals surface area contributed by atoms with E-state index in [-0.39, 0.29) is 11.9 Å². The van der Waals surface area contributed by atoms with E-state index in [1.54, 1.807) is 12.3 Å². The van der Waals surface area contributed by atoms with Gasteiger partial charge in [-0.15, -0.1) is 0 Å². The molecule has 0 saturated heterocycles. The number of aryl methyl sites for hydroxylation is 1. The number of hydrogen-bond donors (Lipinski definition) is 1. The Morgan fingerprint density at radius 1 is 1.14 bits per heavy atom. The quantitative estimate of drug-likeness (QED) is 0.795. The van der Waals surface area contributed by atoms with Crippen LogP contribution >= 0.6 is 0 Å². The topological polar surface area (TPSA) is 72.7 Å². The molecule has 0 aliphatic rings. The van der Waals surface area contributed by atoms with Gasteiger partial charge in [-0.25, -0.2) is 4.98 Å². The molecular weight excluding hydrogens is 278 g/mol. The molecule has 1 atom stereocenters. The molecule has 3 rings (SSSR count). The first-order valence-corrected chi connectivity index (χ1v) is 6.85. The van der Waals surface area contributed by atoms with E-state index in [1.165, 1.54) is 12.4 Å². The van der Waals surface area contributed by atoms with Crippen molar-refractivity contribution in [3.05, 3.63) is 78.1 Å². The average molecular weight is 293 g/mol. The Morgan fingerprint density at radius 2 is 1.95 bits per heavy atom. The zero-order chi connectivity index (χ0) is 15.4. The SMILES string of the molecule is Cn1ccnc1[C@H](NC(=O)c1ccnnc1)c1ccccc1. The van der Waals surface area contributed by atoms with Crippen molar-refractivity contribution in [2.75, 3.05) is 0 Å². The fourth-order valence-electron chi connectivity index (χ4n) is 2.24. The number of aromatic nitrogens is 4. The molecule has 0 radical (unpaired) electrons. The van der Waals surface area contributed by atoms with Gasteiger partial charge in [0, 0.05) is 19.4 Å². The summed E-state index contributed by atoms with van der Waals surface area (Å²) in [7, 11) is 1.90. The van der Waals surface area contributed by atoms with Gasteiger partial charge >= 0.3 is 0 Å². The highest BCUT2D eigenvalue weighted by Gasteiger charge is 2.21. The maximum Gasteiger partial charge on any atom is 0.253 e. The highest BCUT2D eigenvalue weighted by atomic mass is 16.1. The minimum absolute atomic E-state index is 0.216. The van der Waals surface area contributed by atoms with Crippen LogP contribution in [0.15, 0.2) is 61.2 Å². The van der Waals surface area contributed by atoms with Crippen LogP contribution in [0.1, 0.15) is 27.8 Å². The van der Waals surface area contributed by atoms with Crippen molar-refractivity contribution in [2.45, 2.75) is 6.04 Å². The molecule has 2 heterocycles. The molecule has 0 fully saturated rings. The maximum absolute atomic E-state index is 12.4. The van der Waals surface area contributed by atoms with Crippen molar-refractivity contribution in [1.29, 1.82) is 0 Å². The van der Waals surface area contributed by atoms with Gasteiger partial charge < -0.3 is 9.88 Å². The average Bonchev–Trinajstić information content (AvgIpc) is 3.00. The molecule has 0 spiro atoms. The van der Waals surface area contributed by atoms with Crippen LogP contribution in [-0.4, -0.2) is 25.7 Å². The van der Waals surface area contributed by atoms with Crippen LogP contribution in [0.5, 0.6) is 0 Å². The Bertz CT molecular complexity index is 754. The van der Waals surface area contributed by atoms with Crippen LogP contribution in [0, 0.1) is 0 Å². The number of nitrogens with one attached hydrogen (secondary N) is 1. The van der Waals surface area contributed by atoms with E-state index in [9.17, 15) is 4.79 Å². The van der Waals surface area contributed by atoms with Crippen LogP contribution in [-0.2, 0) is 7.05 Å². The molecule has 0 aliphatic heterocycles. The third-order valence-corrected chi connectivity index (χ3v) is 3.37. The second-order valence-electron chi connectivity index (χ2n) is 4.84. The predicted molar refractivity (Wildman–Crippen MR) is 81.0 cm³/mol. The first-order valence-electron chi connectivity index (χ1n) is 6.85. The van der Waals surface area contributed by atoms with Crippen LogP contribution < -0.4 is 5.32 Å². The van der Waals surface area contributed by atoms with Crippen molar-refractivity contribution in [3.8, 4) is 0 Å². The van der Waals surface area contributed by atoms with E-state index in [4.69, 9.17) is 0 Å². The fourth-order valence-corrected chi connectivity index (χ4v) is 2.24. The molecule has 1 N–H and O–H groups in total. The number of carbonyl (C=O) groups is 1. The lowest BCUT2D eigenvalue weighted by Gasteiger charge is -2.19. The van der Waals surface area contributed by atoms with E-state index in [0.717, 1.165) is 11.4 Å². The minimum atomic E-state index is -0.332. The summed E-state index contributed by atoms with van der Waals surface area (Å²) in [5.74, 6) is 0.549. The lowest BCUT2D eigenvalue weighted by Crippen LogP contribution is -2.31. The summed E-state index contributed by atoms with van der Waals surface area (Å²) in [6, 6.07) is 11.0. The van der Waals surface area contributed by atoms with Gasteiger partial charge in [0.2, 0.25) is 0 Å². The van der Waals surface area contributed by atoms with Crippen LogP contribution in [0.3, 0.4) is 0 Å². The van der Waals surface area contributed by atoms with E-state index in [0.29, 0.717) is 5.56 Å². The van der Waals surface area contributed by atoms with E-state index >= 15 is 0 Å². The van der Waals surface area contributed by atoms with Crippen molar-refractivity contribution < 1.29 is 4.79 Å². The van der Waals surface area contributed by atoms with Crippen LogP contribution in [0.2, 0.25) is 0 Å². The summed E-state index contributed by atoms with van der Waals surface area (Å²) in [4.78, 5) is 16.8. The van der Waals surface area contributed by atoms with Crippen molar-refractivity contribution >= 4 is 5.91 Å². The van der Waals surface area contributed by atoms with Crippen LogP contribution in [0.25, 0.3) is 0 Å². The number of hydrogen-bond acceptors (Lipinski definition) is 4. The van der Waals surface area contributed by atoms with E-state index < -0.39 is 0 Å². The Kier molecular flexibility index (Phi) is 3.91. The molecule has 1 aromatic carbocycles. The van der Waals surface area contributed by atoms with E-state index in [1.807, 2.05) is 48.1 Å². The molecular formula is C16H15N5O. The van der Waals surface area contributed by atoms with Crippen LogP contribution in [0.4, 0.5) is 0 Å². The Morgan fingerprint density at radius 3 is 2.59 bits per heavy atom. The first kappa shape index (κ1) is 13.9. The summed E-state index contributed by atoms with van der Waals surface area (Å²) in [5.41, 5.74) is 1.43. The first-order chi connectivity index (χ1) is 10.8. The van der Waals surface area contributed by atoms with Gasteiger partial charge in [0.05, 0.1) is 18.0 Å². The second-order valence-corrected chi connectivity index (χ2v) is 4.84. The molecule has 110 valence electrons. The van der Waals surface area contributed by atoms with Gasteiger partial charge in [-0.3, -0.25) is 4.79 Å². The summed E-state index contributed by atoms with van der Waals surface area (Å²) in [6.07, 6.45) is 6.50. The fraction of sp³-hybridized carbons (Fsp3) is 0.125. The smallest absolute Gasteiger partial charge is 0.253 e. The van der Waals surface area contributed by atoms with Gasteiger partial charge in [0.25, 0.3) is 5.91 Å². The van der Waals surface area contributed by atoms with Gasteiger partial charge in [-0.1, -0.05) is 30.3 Å². The van der Waals surface area contributed by atoms with E-state index in [2.05, 4.69) is 20.5 Å². The molecule has 0 bridgehead atoms. The molecule has 6 nitrogen and oxygen atoms in total. The normalized spacial score (nSPS) is 11.9. The summed E-state index contributed by atoms with van der Waals surface area (Å²) >= 11 is 0. The molecule has 2 aromatic heterocycles. The lowest BCUT2D eigenvalue weighted by molar-refractivity contribution is 0.0940. The Hall–Kier alpha value is -3.02. The Balaban J connectivity index is 1.93. The largest absolute Gasteiger partial charge is 0.338 e.